The standard InChI is InChI=1S/C29H40O7S.C29H38O4.C2H6O.CH4.Na/c1-16-22-17(13-18(30)23(16)31)27(4)10-12-29(6)21-15-26(3,24(32)33)8-7-25(21,2)9-11-28(29,5)20(27)14-19(22)37(34,35)36;1-17-18-7-8-21-27(4,19(18)15-20(30)23(17)31)12-14-29(6)22-16-26(3,24(32)33)10-9-25(22,2)11-13-28(21,29)5;1-2-3;;/h13-14,19,21,30-31H,7-12,15H2,1-6H3,(H,32,33)(H,34,35,36);7-8,15,22,31H,9-14,16H2,1-6H3,(H,32,33);3H,2H2,1H3;1H4;/q;;;;+1/p-1/t19?,21-,25-,26-,27+,28-,29+;22-,25-,26-,27+,28-,29+;;;/m11.../s1. The van der Waals surface area contributed by atoms with Crippen molar-refractivity contribution < 1.29 is 87.6 Å². The number of carboxylic acids is 2. The molecule has 410 valence electrons. The van der Waals surface area contributed by atoms with E-state index < -0.39 is 54.7 Å². The van der Waals surface area contributed by atoms with Gasteiger partial charge < -0.3 is 35.2 Å². The van der Waals surface area contributed by atoms with Gasteiger partial charge in [-0.25, -0.2) is 8.42 Å². The smallest absolute Gasteiger partial charge is 0.747 e. The quantitative estimate of drug-likeness (QED) is 0.0719. The number of carbonyl (C=O) groups is 3. The molecular weight excluding hydrogens is 980 g/mol. The summed E-state index contributed by atoms with van der Waals surface area (Å²) in [5.74, 6) is -2.09. The van der Waals surface area contributed by atoms with E-state index in [0.29, 0.717) is 36.3 Å². The summed E-state index contributed by atoms with van der Waals surface area (Å²) in [6.45, 7) is 27.4. The van der Waals surface area contributed by atoms with E-state index in [0.717, 1.165) is 87.3 Å². The number of carboxylic acid groups (broad SMARTS) is 2. The summed E-state index contributed by atoms with van der Waals surface area (Å²) in [5.41, 5.74) is 3.11. The van der Waals surface area contributed by atoms with Crippen LogP contribution in [0.3, 0.4) is 0 Å². The van der Waals surface area contributed by atoms with Crippen LogP contribution in [-0.2, 0) is 29.9 Å². The van der Waals surface area contributed by atoms with Crippen molar-refractivity contribution >= 4 is 27.8 Å². The van der Waals surface area contributed by atoms with Crippen molar-refractivity contribution in [1.82, 2.24) is 0 Å². The molecule has 10 rings (SSSR count). The van der Waals surface area contributed by atoms with E-state index >= 15 is 0 Å². The van der Waals surface area contributed by atoms with Gasteiger partial charge in [0.05, 0.1) is 16.1 Å². The van der Waals surface area contributed by atoms with Crippen LogP contribution in [0.4, 0.5) is 0 Å². The Hall–Kier alpha value is -3.20. The second kappa shape index (κ2) is 19.3. The Morgan fingerprint density at radius 2 is 1.12 bits per heavy atom. The molecule has 0 amide bonds. The minimum absolute atomic E-state index is 0. The van der Waals surface area contributed by atoms with Crippen LogP contribution in [-0.4, -0.2) is 67.9 Å². The topological polar surface area (TPSA) is 230 Å². The number of ketones is 1. The maximum absolute atomic E-state index is 12.7. The molecule has 14 heteroatoms. The Kier molecular flexibility index (Phi) is 15.7. The van der Waals surface area contributed by atoms with Gasteiger partial charge in [-0.15, -0.1) is 0 Å². The minimum Gasteiger partial charge on any atom is -0.747 e. The second-order valence-electron chi connectivity index (χ2n) is 26.9. The van der Waals surface area contributed by atoms with Gasteiger partial charge in [0, 0.05) is 23.0 Å². The molecular formula is C61H87NaO12S. The van der Waals surface area contributed by atoms with Crippen molar-refractivity contribution in [3.8, 4) is 11.5 Å². The number of aliphatic hydroxyl groups is 2. The summed E-state index contributed by atoms with van der Waals surface area (Å²) in [6, 6.07) is 1.45. The predicted octanol–water partition coefficient (Wildman–Crippen LogP) is 10.0. The van der Waals surface area contributed by atoms with Crippen LogP contribution >= 0.6 is 0 Å². The molecule has 1 aromatic carbocycles. The Balaban J connectivity index is 0.000000227. The maximum atomic E-state index is 12.7. The number of aliphatic hydroxyl groups excluding tert-OH is 2. The average molecular weight is 1070 g/mol. The number of carbonyl (C=O) groups excluding carboxylic acids is 1. The third-order valence-electron chi connectivity index (χ3n) is 23.3. The van der Waals surface area contributed by atoms with Gasteiger partial charge in [-0.2, -0.15) is 0 Å². The van der Waals surface area contributed by atoms with Crippen LogP contribution in [0.1, 0.15) is 202 Å². The van der Waals surface area contributed by atoms with E-state index in [9.17, 15) is 52.9 Å². The Bertz CT molecular complexity index is 2860. The second-order valence-corrected chi connectivity index (χ2v) is 28.4. The summed E-state index contributed by atoms with van der Waals surface area (Å²) >= 11 is 0. The number of aliphatic carboxylic acids is 2. The molecule has 6 fully saturated rings. The molecule has 0 aliphatic heterocycles. The van der Waals surface area contributed by atoms with Crippen molar-refractivity contribution in [3.63, 3.8) is 0 Å². The fourth-order valence-corrected chi connectivity index (χ4v) is 18.7. The van der Waals surface area contributed by atoms with Crippen molar-refractivity contribution in [2.45, 2.75) is 198 Å². The van der Waals surface area contributed by atoms with Crippen LogP contribution in [0.2, 0.25) is 0 Å². The maximum Gasteiger partial charge on any atom is 1.00 e. The zero-order valence-corrected chi connectivity index (χ0v) is 49.6. The number of phenolic OH excluding ortho intramolecular Hbond substituents is 2. The number of hydrogen-bond acceptors (Lipinski definition) is 10. The Morgan fingerprint density at radius 1 is 0.680 bits per heavy atom. The van der Waals surface area contributed by atoms with E-state index in [1.165, 1.54) is 11.6 Å². The molecule has 6 saturated carbocycles. The van der Waals surface area contributed by atoms with Crippen LogP contribution in [0.15, 0.2) is 64.0 Å². The first-order valence-electron chi connectivity index (χ1n) is 26.9. The predicted molar refractivity (Wildman–Crippen MR) is 286 cm³/mol. The molecule has 0 spiro atoms. The normalized spacial score (nSPS) is 42.1. The number of allylic oxidation sites excluding steroid dienone is 8. The van der Waals surface area contributed by atoms with Crippen LogP contribution in [0.5, 0.6) is 11.5 Å². The molecule has 9 aliphatic rings. The number of hydrogen-bond donors (Lipinski definition) is 6. The van der Waals surface area contributed by atoms with Gasteiger partial charge in [0.1, 0.15) is 10.1 Å². The van der Waals surface area contributed by atoms with E-state index in [1.54, 1.807) is 26.0 Å². The molecule has 12 nitrogen and oxygen atoms in total. The average Bonchev–Trinajstić information content (AvgIpc) is 3.31. The third kappa shape index (κ3) is 8.57. The molecule has 13 atom stereocenters. The first-order chi connectivity index (χ1) is 33.5. The van der Waals surface area contributed by atoms with Gasteiger partial charge >= 0.3 is 41.5 Å². The van der Waals surface area contributed by atoms with E-state index in [4.69, 9.17) is 5.11 Å². The summed E-state index contributed by atoms with van der Waals surface area (Å²) < 4.78 is 38.0. The van der Waals surface area contributed by atoms with Crippen molar-refractivity contribution in [3.05, 3.63) is 80.7 Å². The summed E-state index contributed by atoms with van der Waals surface area (Å²) in [7, 11) is -4.82. The van der Waals surface area contributed by atoms with Gasteiger partial charge in [-0.05, 0) is 209 Å². The third-order valence-corrected chi connectivity index (χ3v) is 24.3. The fraction of sp³-hybridized carbons (Fsp3) is 0.689. The number of benzene rings is 1. The molecule has 0 aromatic heterocycles. The van der Waals surface area contributed by atoms with Crippen LogP contribution in [0.25, 0.3) is 0 Å². The number of phenols is 2. The molecule has 0 radical (unpaired) electrons. The van der Waals surface area contributed by atoms with Gasteiger partial charge in [0.25, 0.3) is 0 Å². The first-order valence-corrected chi connectivity index (χ1v) is 28.4. The molecule has 75 heavy (non-hydrogen) atoms. The minimum atomic E-state index is -4.82. The fourth-order valence-electron chi connectivity index (χ4n) is 17.8. The zero-order chi connectivity index (χ0) is 54.5. The zero-order valence-electron chi connectivity index (χ0n) is 46.8. The molecule has 1 aromatic rings. The Morgan fingerprint density at radius 3 is 1.57 bits per heavy atom. The molecule has 9 aliphatic carbocycles. The molecule has 6 N–H and O–H groups in total. The molecule has 0 heterocycles. The number of rotatable bonds is 3. The SMILES string of the molecule is C.CC1=C(O)C(=O)C=C2C1=CC=C1[C@@]2(C)CC[C@@]2(C)[C@@H]3C[C@](C)(C(=O)O)CC[C@]3(C)CC[C@]12C.CCO.Cc1c(O)c(O)cc2c1C(S(=O)(=O)[O-])C=C1[C@@]2(C)CC[C@@]2(C)[C@@H]3C[C@](C)(C(=O)O)CC[C@]3(C)CC[C@]12C.[Na+]. The van der Waals surface area contributed by atoms with Gasteiger partial charge in [-0.1, -0.05) is 92.2 Å². The summed E-state index contributed by atoms with van der Waals surface area (Å²) in [6.07, 6.45) is 19.6. The molecule has 0 saturated heterocycles. The summed E-state index contributed by atoms with van der Waals surface area (Å²) in [4.78, 5) is 37.1. The molecule has 0 bridgehead atoms. The van der Waals surface area contributed by atoms with Crippen molar-refractivity contribution in [2.24, 2.45) is 60.6 Å². The largest absolute Gasteiger partial charge is 1.00 e. The summed E-state index contributed by atoms with van der Waals surface area (Å²) in [5, 5.41) is 57.5. The number of fused-ring (bicyclic) bond motifs is 14. The van der Waals surface area contributed by atoms with E-state index in [2.05, 4.69) is 67.5 Å². The van der Waals surface area contributed by atoms with Crippen molar-refractivity contribution in [2.75, 3.05) is 6.61 Å². The van der Waals surface area contributed by atoms with Crippen LogP contribution in [0, 0.1) is 67.5 Å². The molecule has 1 unspecified atom stereocenters. The first kappa shape index (κ1) is 61.0. The van der Waals surface area contributed by atoms with Gasteiger partial charge in [0.15, 0.2) is 17.3 Å². The van der Waals surface area contributed by atoms with E-state index in [1.807, 2.05) is 20.8 Å². The number of aromatic hydroxyl groups is 2. The van der Waals surface area contributed by atoms with Gasteiger partial charge in [-0.3, -0.25) is 14.4 Å². The monoisotopic (exact) mass is 1070 g/mol. The van der Waals surface area contributed by atoms with Crippen molar-refractivity contribution in [1.29, 1.82) is 0 Å². The van der Waals surface area contributed by atoms with Gasteiger partial charge in [0.2, 0.25) is 5.78 Å². The van der Waals surface area contributed by atoms with E-state index in [-0.39, 0.29) is 110 Å². The van der Waals surface area contributed by atoms with Crippen LogP contribution < -0.4 is 29.6 Å². The Labute approximate surface area is 469 Å².